The van der Waals surface area contributed by atoms with E-state index in [1.165, 1.54) is 0 Å². The Morgan fingerprint density at radius 2 is 2.16 bits per heavy atom. The highest BCUT2D eigenvalue weighted by molar-refractivity contribution is 7.92. The molecular weight excluding hydrogens is 302 g/mol. The second kappa shape index (κ2) is 5.35. The van der Waals surface area contributed by atoms with Crippen LogP contribution in [0.1, 0.15) is 30.6 Å². The van der Waals surface area contributed by atoms with Gasteiger partial charge in [-0.1, -0.05) is 24.4 Å². The summed E-state index contributed by atoms with van der Waals surface area (Å²) in [7, 11) is -2.88. The summed E-state index contributed by atoms with van der Waals surface area (Å²) < 4.78 is 24.4. The van der Waals surface area contributed by atoms with Crippen LogP contribution in [-0.4, -0.2) is 36.9 Å². The van der Waals surface area contributed by atoms with Gasteiger partial charge in [0.15, 0.2) is 9.84 Å². The van der Waals surface area contributed by atoms with E-state index < -0.39 is 9.84 Å². The number of hydrogen-bond acceptors (Lipinski definition) is 4. The van der Waals surface area contributed by atoms with Crippen molar-refractivity contribution in [2.24, 2.45) is 0 Å². The Kier molecular flexibility index (Phi) is 3.91. The minimum Gasteiger partial charge on any atom is -0.293 e. The van der Waals surface area contributed by atoms with Gasteiger partial charge in [0.1, 0.15) is 0 Å². The van der Waals surface area contributed by atoms with Crippen molar-refractivity contribution in [2.75, 3.05) is 12.3 Å². The fourth-order valence-corrected chi connectivity index (χ4v) is 6.52. The van der Waals surface area contributed by atoms with Gasteiger partial charge >= 0.3 is 0 Å². The van der Waals surface area contributed by atoms with Gasteiger partial charge in [-0.05, 0) is 24.3 Å². The van der Waals surface area contributed by atoms with Crippen molar-refractivity contribution in [3.05, 3.63) is 21.3 Å². The molecule has 1 aromatic heterocycles. The van der Waals surface area contributed by atoms with E-state index in [1.54, 1.807) is 11.3 Å². The fraction of sp³-hybridized carbons (Fsp3) is 0.692. The van der Waals surface area contributed by atoms with Crippen LogP contribution in [0.2, 0.25) is 5.02 Å². The molecule has 2 fully saturated rings. The lowest BCUT2D eigenvalue weighted by Crippen LogP contribution is -2.55. The number of fused-ring (bicyclic) bond motifs is 1. The molecule has 0 radical (unpaired) electrons. The lowest BCUT2D eigenvalue weighted by Gasteiger charge is -2.43. The predicted molar refractivity (Wildman–Crippen MR) is 79.6 cm³/mol. The SMILES string of the molecule is O=S1(=O)CCN(Cc2sccc2Cl)[C@H]2CCCC[C@@H]21. The number of rotatable bonds is 2. The van der Waals surface area contributed by atoms with Crippen LogP contribution >= 0.6 is 22.9 Å². The summed E-state index contributed by atoms with van der Waals surface area (Å²) in [5.41, 5.74) is 0. The highest BCUT2D eigenvalue weighted by Crippen LogP contribution is 2.34. The van der Waals surface area contributed by atoms with E-state index in [9.17, 15) is 8.42 Å². The lowest BCUT2D eigenvalue weighted by molar-refractivity contribution is 0.150. The van der Waals surface area contributed by atoms with Gasteiger partial charge in [0.25, 0.3) is 0 Å². The van der Waals surface area contributed by atoms with Crippen LogP contribution in [0, 0.1) is 0 Å². The first-order chi connectivity index (χ1) is 9.08. The molecule has 0 unspecified atom stereocenters. The van der Waals surface area contributed by atoms with E-state index in [-0.39, 0.29) is 11.3 Å². The standard InChI is InChI=1S/C13H18ClNO2S2/c14-10-5-7-18-12(10)9-15-6-8-19(16,17)13-4-2-1-3-11(13)15/h5,7,11,13H,1-4,6,8-9H2/t11-,13-/m0/s1. The zero-order chi connectivity index (χ0) is 13.5. The summed E-state index contributed by atoms with van der Waals surface area (Å²) in [6.45, 7) is 1.45. The van der Waals surface area contributed by atoms with E-state index in [1.807, 2.05) is 11.4 Å². The third-order valence-electron chi connectivity index (χ3n) is 4.30. The van der Waals surface area contributed by atoms with Gasteiger partial charge in [-0.3, -0.25) is 4.90 Å². The highest BCUT2D eigenvalue weighted by Gasteiger charge is 2.42. The van der Waals surface area contributed by atoms with E-state index in [4.69, 9.17) is 11.6 Å². The average Bonchev–Trinajstić information content (AvgIpc) is 2.79. The molecule has 0 N–H and O–H groups in total. The number of sulfone groups is 1. The molecule has 106 valence electrons. The third-order valence-corrected chi connectivity index (χ3v) is 7.89. The number of thiophene rings is 1. The molecule has 3 rings (SSSR count). The van der Waals surface area contributed by atoms with Crippen LogP contribution in [-0.2, 0) is 16.4 Å². The van der Waals surface area contributed by atoms with Crippen LogP contribution in [0.5, 0.6) is 0 Å². The topological polar surface area (TPSA) is 37.4 Å². The summed E-state index contributed by atoms with van der Waals surface area (Å²) in [4.78, 5) is 3.49. The Morgan fingerprint density at radius 1 is 1.37 bits per heavy atom. The van der Waals surface area contributed by atoms with Gasteiger partial charge in [-0.15, -0.1) is 11.3 Å². The molecule has 1 saturated carbocycles. The molecule has 2 heterocycles. The van der Waals surface area contributed by atoms with Crippen LogP contribution in [0.15, 0.2) is 11.4 Å². The summed E-state index contributed by atoms with van der Waals surface area (Å²) in [5, 5.41) is 2.66. The van der Waals surface area contributed by atoms with Crippen LogP contribution in [0.25, 0.3) is 0 Å². The lowest BCUT2D eigenvalue weighted by atomic mass is 9.93. The maximum Gasteiger partial charge on any atom is 0.155 e. The number of halogens is 1. The molecule has 1 aliphatic carbocycles. The quantitative estimate of drug-likeness (QED) is 0.841. The minimum atomic E-state index is -2.88. The second-order valence-electron chi connectivity index (χ2n) is 5.42. The second-order valence-corrected chi connectivity index (χ2v) is 9.17. The molecule has 6 heteroatoms. The summed E-state index contributed by atoms with van der Waals surface area (Å²) >= 11 is 7.82. The van der Waals surface area contributed by atoms with Crippen molar-refractivity contribution in [2.45, 2.75) is 43.5 Å². The maximum atomic E-state index is 12.2. The predicted octanol–water partition coefficient (Wildman–Crippen LogP) is 2.94. The first kappa shape index (κ1) is 13.9. The molecule has 1 aromatic rings. The normalized spacial score (nSPS) is 31.0. The zero-order valence-corrected chi connectivity index (χ0v) is 13.1. The van der Waals surface area contributed by atoms with Crippen LogP contribution < -0.4 is 0 Å². The van der Waals surface area contributed by atoms with Crippen molar-refractivity contribution in [3.8, 4) is 0 Å². The highest BCUT2D eigenvalue weighted by atomic mass is 35.5. The zero-order valence-electron chi connectivity index (χ0n) is 10.7. The average molecular weight is 320 g/mol. The van der Waals surface area contributed by atoms with Gasteiger partial charge in [-0.25, -0.2) is 8.42 Å². The van der Waals surface area contributed by atoms with E-state index in [0.29, 0.717) is 12.3 Å². The Hall–Kier alpha value is -0.100. The van der Waals surface area contributed by atoms with Crippen molar-refractivity contribution in [1.82, 2.24) is 4.90 Å². The Balaban J connectivity index is 1.81. The summed E-state index contributed by atoms with van der Waals surface area (Å²) in [6.07, 6.45) is 4.04. The molecule has 0 aromatic carbocycles. The van der Waals surface area contributed by atoms with Crippen molar-refractivity contribution in [1.29, 1.82) is 0 Å². The molecule has 19 heavy (non-hydrogen) atoms. The number of hydrogen-bond donors (Lipinski definition) is 0. The van der Waals surface area contributed by atoms with E-state index in [0.717, 1.165) is 42.1 Å². The van der Waals surface area contributed by atoms with Gasteiger partial charge in [-0.2, -0.15) is 0 Å². The molecule has 2 atom stereocenters. The van der Waals surface area contributed by atoms with Gasteiger partial charge < -0.3 is 0 Å². The Labute approximate surface area is 123 Å². The first-order valence-electron chi connectivity index (χ1n) is 6.75. The van der Waals surface area contributed by atoms with Crippen LogP contribution in [0.3, 0.4) is 0 Å². The van der Waals surface area contributed by atoms with Gasteiger partial charge in [0.2, 0.25) is 0 Å². The van der Waals surface area contributed by atoms with Gasteiger partial charge in [0.05, 0.1) is 16.0 Å². The molecule has 1 saturated heterocycles. The van der Waals surface area contributed by atoms with E-state index >= 15 is 0 Å². The summed E-state index contributed by atoms with van der Waals surface area (Å²) in [6, 6.07) is 2.12. The van der Waals surface area contributed by atoms with Crippen molar-refractivity contribution >= 4 is 32.8 Å². The monoisotopic (exact) mass is 319 g/mol. The Bertz CT molecular complexity index is 555. The molecule has 1 aliphatic heterocycles. The number of nitrogens with zero attached hydrogens (tertiary/aromatic N) is 1. The van der Waals surface area contributed by atoms with Crippen LogP contribution in [0.4, 0.5) is 0 Å². The molecule has 0 bridgehead atoms. The summed E-state index contributed by atoms with van der Waals surface area (Å²) in [5.74, 6) is 0.303. The Morgan fingerprint density at radius 3 is 2.89 bits per heavy atom. The maximum absolute atomic E-state index is 12.2. The molecule has 2 aliphatic rings. The third kappa shape index (κ3) is 2.71. The van der Waals surface area contributed by atoms with Crippen molar-refractivity contribution in [3.63, 3.8) is 0 Å². The first-order valence-corrected chi connectivity index (χ1v) is 9.73. The largest absolute Gasteiger partial charge is 0.293 e. The smallest absolute Gasteiger partial charge is 0.155 e. The molecule has 0 amide bonds. The fourth-order valence-electron chi connectivity index (χ4n) is 3.29. The molecular formula is C13H18ClNO2S2. The minimum absolute atomic E-state index is 0.145. The van der Waals surface area contributed by atoms with Gasteiger partial charge in [0, 0.05) is 24.0 Å². The molecule has 3 nitrogen and oxygen atoms in total. The van der Waals surface area contributed by atoms with Crippen molar-refractivity contribution < 1.29 is 8.42 Å². The molecule has 0 spiro atoms. The van der Waals surface area contributed by atoms with E-state index in [2.05, 4.69) is 4.90 Å².